The molecule has 1 rings (SSSR count). The summed E-state index contributed by atoms with van der Waals surface area (Å²) in [6.07, 6.45) is 2.10. The molecule has 0 radical (unpaired) electrons. The number of esters is 1. The van der Waals surface area contributed by atoms with Gasteiger partial charge < -0.3 is 4.74 Å². The van der Waals surface area contributed by atoms with Crippen molar-refractivity contribution >= 4 is 5.97 Å². The Bertz CT molecular complexity index is 307. The molecule has 1 atom stereocenters. The highest BCUT2D eigenvalue weighted by Crippen LogP contribution is 2.44. The van der Waals surface area contributed by atoms with Gasteiger partial charge in [0.15, 0.2) is 0 Å². The Morgan fingerprint density at radius 3 is 2.53 bits per heavy atom. The van der Waals surface area contributed by atoms with Gasteiger partial charge in [0, 0.05) is 23.6 Å². The van der Waals surface area contributed by atoms with Gasteiger partial charge in [-0.15, -0.1) is 0 Å². The lowest BCUT2D eigenvalue weighted by molar-refractivity contribution is -0.167. The minimum atomic E-state index is -0.316. The summed E-state index contributed by atoms with van der Waals surface area (Å²) >= 11 is 0. The topological polar surface area (TPSA) is 29.5 Å². The number of likely N-dealkylation sites (tertiary alicyclic amines) is 1. The van der Waals surface area contributed by atoms with Crippen molar-refractivity contribution in [3.63, 3.8) is 0 Å². The van der Waals surface area contributed by atoms with Crippen molar-refractivity contribution in [1.82, 2.24) is 4.90 Å². The minimum Gasteiger partial charge on any atom is -0.459 e. The van der Waals surface area contributed by atoms with E-state index in [1.807, 2.05) is 0 Å². The molecule has 0 amide bonds. The highest BCUT2D eigenvalue weighted by atomic mass is 16.5. The second-order valence-corrected chi connectivity index (χ2v) is 5.78. The van der Waals surface area contributed by atoms with Crippen LogP contribution in [0.5, 0.6) is 0 Å². The van der Waals surface area contributed by atoms with Crippen molar-refractivity contribution < 1.29 is 9.53 Å². The number of rotatable bonds is 3. The highest BCUT2D eigenvalue weighted by molar-refractivity contribution is 5.81. The van der Waals surface area contributed by atoms with Crippen molar-refractivity contribution in [2.24, 2.45) is 5.41 Å². The molecule has 17 heavy (non-hydrogen) atoms. The van der Waals surface area contributed by atoms with E-state index in [1.54, 1.807) is 0 Å². The zero-order valence-electron chi connectivity index (χ0n) is 11.7. The lowest BCUT2D eigenvalue weighted by Crippen LogP contribution is -2.63. The molecule has 1 unspecified atom stereocenters. The van der Waals surface area contributed by atoms with Crippen LogP contribution in [0.2, 0.25) is 0 Å². The Labute approximate surface area is 105 Å². The van der Waals surface area contributed by atoms with Gasteiger partial charge in [-0.25, -0.2) is 4.79 Å². The van der Waals surface area contributed by atoms with Gasteiger partial charge in [0.25, 0.3) is 0 Å². The summed E-state index contributed by atoms with van der Waals surface area (Å²) < 4.78 is 5.50. The maximum Gasteiger partial charge on any atom is 0.330 e. The summed E-state index contributed by atoms with van der Waals surface area (Å²) in [5.41, 5.74) is -0.0496. The Morgan fingerprint density at radius 1 is 1.47 bits per heavy atom. The molecule has 0 aromatic rings. The molecule has 0 aromatic carbocycles. The number of ether oxygens (including phenoxy) is 1. The van der Waals surface area contributed by atoms with E-state index in [2.05, 4.69) is 46.1 Å². The van der Waals surface area contributed by atoms with Gasteiger partial charge >= 0.3 is 5.97 Å². The lowest BCUT2D eigenvalue weighted by atomic mass is 9.66. The van der Waals surface area contributed by atoms with E-state index >= 15 is 0 Å². The Kier molecular flexibility index (Phi) is 4.03. The largest absolute Gasteiger partial charge is 0.459 e. The zero-order valence-corrected chi connectivity index (χ0v) is 11.7. The highest BCUT2D eigenvalue weighted by Gasteiger charge is 2.51. The summed E-state index contributed by atoms with van der Waals surface area (Å²) in [5.74, 6) is -0.316. The van der Waals surface area contributed by atoms with E-state index in [4.69, 9.17) is 4.74 Å². The van der Waals surface area contributed by atoms with Crippen LogP contribution in [0.1, 0.15) is 41.0 Å². The molecule has 1 saturated heterocycles. The van der Waals surface area contributed by atoms with Crippen LogP contribution in [-0.4, -0.2) is 35.6 Å². The molecular formula is C14H25NO2. The van der Waals surface area contributed by atoms with Crippen LogP contribution >= 0.6 is 0 Å². The first kappa shape index (κ1) is 14.2. The summed E-state index contributed by atoms with van der Waals surface area (Å²) in [6, 6.07) is 0. The average molecular weight is 239 g/mol. The molecule has 0 aliphatic carbocycles. The summed E-state index contributed by atoms with van der Waals surface area (Å²) in [6.45, 7) is 16.4. The number of hydrogen-bond donors (Lipinski definition) is 0. The molecular weight excluding hydrogens is 214 g/mol. The molecule has 3 heteroatoms. The smallest absolute Gasteiger partial charge is 0.330 e. The van der Waals surface area contributed by atoms with E-state index in [9.17, 15) is 4.79 Å². The summed E-state index contributed by atoms with van der Waals surface area (Å²) in [4.78, 5) is 13.8. The van der Waals surface area contributed by atoms with Crippen LogP contribution in [0.15, 0.2) is 12.7 Å². The van der Waals surface area contributed by atoms with Gasteiger partial charge in [-0.1, -0.05) is 27.4 Å². The second-order valence-electron chi connectivity index (χ2n) is 5.78. The van der Waals surface area contributed by atoms with E-state index in [-0.39, 0.29) is 23.0 Å². The van der Waals surface area contributed by atoms with Crippen molar-refractivity contribution in [3.8, 4) is 0 Å². The molecule has 0 bridgehead atoms. The Hall–Kier alpha value is -0.830. The number of hydrogen-bond acceptors (Lipinski definition) is 3. The molecule has 98 valence electrons. The fourth-order valence-corrected chi connectivity index (χ4v) is 2.66. The molecule has 0 saturated carbocycles. The fourth-order valence-electron chi connectivity index (χ4n) is 2.66. The number of piperidine rings is 1. The normalized spacial score (nSPS) is 27.5. The second kappa shape index (κ2) is 4.81. The van der Waals surface area contributed by atoms with Gasteiger partial charge in [0.1, 0.15) is 6.10 Å². The fraction of sp³-hybridized carbons (Fsp3) is 0.786. The third-order valence-corrected chi connectivity index (χ3v) is 4.64. The third kappa shape index (κ3) is 2.39. The Morgan fingerprint density at radius 2 is 2.06 bits per heavy atom. The van der Waals surface area contributed by atoms with E-state index in [0.29, 0.717) is 0 Å². The van der Waals surface area contributed by atoms with Gasteiger partial charge in [-0.3, -0.25) is 4.90 Å². The van der Waals surface area contributed by atoms with Crippen LogP contribution in [0, 0.1) is 5.41 Å². The van der Waals surface area contributed by atoms with Gasteiger partial charge in [0.05, 0.1) is 0 Å². The maximum absolute atomic E-state index is 11.4. The van der Waals surface area contributed by atoms with Gasteiger partial charge in [-0.2, -0.15) is 0 Å². The lowest BCUT2D eigenvalue weighted by Gasteiger charge is -2.56. The predicted molar refractivity (Wildman–Crippen MR) is 69.8 cm³/mol. The maximum atomic E-state index is 11.4. The molecule has 0 spiro atoms. The number of carbonyl (C=O) groups excluding carboxylic acids is 1. The van der Waals surface area contributed by atoms with Crippen LogP contribution in [-0.2, 0) is 9.53 Å². The molecule has 1 aliphatic rings. The minimum absolute atomic E-state index is 0.0200. The number of nitrogens with zero attached hydrogens (tertiary/aromatic N) is 1. The van der Waals surface area contributed by atoms with E-state index in [0.717, 1.165) is 19.5 Å². The quantitative estimate of drug-likeness (QED) is 0.560. The average Bonchev–Trinajstić information content (AvgIpc) is 2.25. The molecule has 3 nitrogen and oxygen atoms in total. The predicted octanol–water partition coefficient (Wildman–Crippen LogP) is 2.61. The molecule has 0 N–H and O–H groups in total. The molecule has 1 heterocycles. The number of carbonyl (C=O) groups is 1. The SMILES string of the molecule is C=CC(=O)OC1CCN(CC)C(C)(C)C1(C)C. The van der Waals surface area contributed by atoms with E-state index < -0.39 is 0 Å². The first-order valence-corrected chi connectivity index (χ1v) is 6.35. The van der Waals surface area contributed by atoms with Crippen molar-refractivity contribution in [2.75, 3.05) is 13.1 Å². The summed E-state index contributed by atoms with van der Waals surface area (Å²) in [7, 11) is 0. The van der Waals surface area contributed by atoms with E-state index in [1.165, 1.54) is 6.08 Å². The first-order chi connectivity index (χ1) is 7.77. The molecule has 1 aliphatic heterocycles. The monoisotopic (exact) mass is 239 g/mol. The summed E-state index contributed by atoms with van der Waals surface area (Å²) in [5, 5.41) is 0. The molecule has 1 fully saturated rings. The van der Waals surface area contributed by atoms with Crippen molar-refractivity contribution in [3.05, 3.63) is 12.7 Å². The first-order valence-electron chi connectivity index (χ1n) is 6.35. The van der Waals surface area contributed by atoms with Crippen LogP contribution in [0.25, 0.3) is 0 Å². The third-order valence-electron chi connectivity index (χ3n) is 4.64. The van der Waals surface area contributed by atoms with Crippen molar-refractivity contribution in [2.45, 2.75) is 52.7 Å². The zero-order chi connectivity index (χ0) is 13.3. The van der Waals surface area contributed by atoms with Gasteiger partial charge in [0.2, 0.25) is 0 Å². The standard InChI is InChI=1S/C14H25NO2/c1-7-12(16)17-11-9-10-15(8-2)14(5,6)13(11,3)4/h7,11H,1,8-10H2,2-6H3. The molecule has 0 aromatic heterocycles. The van der Waals surface area contributed by atoms with Crippen molar-refractivity contribution in [1.29, 1.82) is 0 Å². The Balaban J connectivity index is 2.91. The van der Waals surface area contributed by atoms with Crippen LogP contribution in [0.3, 0.4) is 0 Å². The van der Waals surface area contributed by atoms with Crippen LogP contribution < -0.4 is 0 Å². The van der Waals surface area contributed by atoms with Gasteiger partial charge in [-0.05, 0) is 26.8 Å². The van der Waals surface area contributed by atoms with Crippen LogP contribution in [0.4, 0.5) is 0 Å².